The quantitative estimate of drug-likeness (QED) is 0.849. The summed E-state index contributed by atoms with van der Waals surface area (Å²) in [5.41, 5.74) is 0.186. The summed E-state index contributed by atoms with van der Waals surface area (Å²) in [6, 6.07) is 0.688. The highest BCUT2D eigenvalue weighted by atomic mass is 32.2. The second-order valence-corrected chi connectivity index (χ2v) is 8.03. The van der Waals surface area contributed by atoms with Crippen LogP contribution in [0.4, 0.5) is 0 Å². The van der Waals surface area contributed by atoms with Gasteiger partial charge in [0.2, 0.25) is 0 Å². The summed E-state index contributed by atoms with van der Waals surface area (Å²) in [7, 11) is 0. The number of hydrogen-bond donors (Lipinski definition) is 1. The van der Waals surface area contributed by atoms with Crippen molar-refractivity contribution < 1.29 is 9.84 Å². The van der Waals surface area contributed by atoms with Gasteiger partial charge in [-0.2, -0.15) is 11.8 Å². The minimum Gasteiger partial charge on any atom is -0.393 e. The summed E-state index contributed by atoms with van der Waals surface area (Å²) in [6.45, 7) is 5.31. The number of aliphatic hydroxyl groups is 1. The van der Waals surface area contributed by atoms with Crippen LogP contribution >= 0.6 is 11.8 Å². The third-order valence-electron chi connectivity index (χ3n) is 5.64. The molecule has 3 heterocycles. The van der Waals surface area contributed by atoms with Gasteiger partial charge in [0.05, 0.1) is 11.7 Å². The molecule has 3 atom stereocenters. The van der Waals surface area contributed by atoms with Gasteiger partial charge in [-0.15, -0.1) is 0 Å². The Kier molecular flexibility index (Phi) is 4.96. The molecule has 3 saturated heterocycles. The van der Waals surface area contributed by atoms with E-state index < -0.39 is 0 Å². The third-order valence-corrected chi connectivity index (χ3v) is 6.62. The Labute approximate surface area is 127 Å². The Morgan fingerprint density at radius 3 is 2.85 bits per heavy atom. The smallest absolute Gasteiger partial charge is 0.0713 e. The lowest BCUT2D eigenvalue weighted by atomic mass is 9.83. The first kappa shape index (κ1) is 15.1. The van der Waals surface area contributed by atoms with Gasteiger partial charge in [-0.25, -0.2) is 0 Å². The van der Waals surface area contributed by atoms with E-state index in [1.165, 1.54) is 37.2 Å². The highest BCUT2D eigenvalue weighted by Gasteiger charge is 2.41. The number of aliphatic hydroxyl groups excluding tert-OH is 1. The van der Waals surface area contributed by atoms with E-state index in [2.05, 4.69) is 23.6 Å². The standard InChI is InChI=1S/C16H29NO2S/c1-2-13-12-17(7-3-15(13)18)14-4-8-19-16(11-14)5-9-20-10-6-16/h13-15,18H,2-12H2,1H3. The van der Waals surface area contributed by atoms with Crippen LogP contribution in [0.2, 0.25) is 0 Å². The molecular weight excluding hydrogens is 270 g/mol. The maximum absolute atomic E-state index is 10.1. The summed E-state index contributed by atoms with van der Waals surface area (Å²) in [6.07, 6.45) is 6.86. The first-order valence-corrected chi connectivity index (χ1v) is 9.52. The van der Waals surface area contributed by atoms with Gasteiger partial charge in [0.15, 0.2) is 0 Å². The summed E-state index contributed by atoms with van der Waals surface area (Å²) < 4.78 is 6.21. The van der Waals surface area contributed by atoms with Crippen molar-refractivity contribution in [3.8, 4) is 0 Å². The summed E-state index contributed by atoms with van der Waals surface area (Å²) in [5, 5.41) is 10.1. The van der Waals surface area contributed by atoms with Gasteiger partial charge >= 0.3 is 0 Å². The molecule has 20 heavy (non-hydrogen) atoms. The fourth-order valence-corrected chi connectivity index (χ4v) is 5.42. The van der Waals surface area contributed by atoms with E-state index in [9.17, 15) is 5.11 Å². The van der Waals surface area contributed by atoms with Crippen LogP contribution in [-0.4, -0.2) is 59.0 Å². The minimum atomic E-state index is -0.0730. The van der Waals surface area contributed by atoms with Gasteiger partial charge < -0.3 is 9.84 Å². The van der Waals surface area contributed by atoms with E-state index in [0.29, 0.717) is 12.0 Å². The molecule has 0 radical (unpaired) electrons. The van der Waals surface area contributed by atoms with Gasteiger partial charge in [0.25, 0.3) is 0 Å². The molecule has 0 aromatic heterocycles. The molecule has 0 bridgehead atoms. The molecule has 3 unspecified atom stereocenters. The lowest BCUT2D eigenvalue weighted by Crippen LogP contribution is -2.54. The molecule has 1 N–H and O–H groups in total. The van der Waals surface area contributed by atoms with Crippen molar-refractivity contribution in [2.75, 3.05) is 31.2 Å². The van der Waals surface area contributed by atoms with Crippen LogP contribution in [0.5, 0.6) is 0 Å². The lowest BCUT2D eigenvalue weighted by Gasteiger charge is -2.48. The topological polar surface area (TPSA) is 32.7 Å². The normalized spacial score (nSPS) is 39.0. The van der Waals surface area contributed by atoms with Crippen molar-refractivity contribution in [2.24, 2.45) is 5.92 Å². The highest BCUT2D eigenvalue weighted by molar-refractivity contribution is 7.99. The third kappa shape index (κ3) is 3.18. The molecular formula is C16H29NO2S. The van der Waals surface area contributed by atoms with E-state index in [1.807, 2.05) is 0 Å². The van der Waals surface area contributed by atoms with Crippen LogP contribution < -0.4 is 0 Å². The largest absolute Gasteiger partial charge is 0.393 e. The second-order valence-electron chi connectivity index (χ2n) is 6.81. The summed E-state index contributed by atoms with van der Waals surface area (Å²) in [5.74, 6) is 3.01. The number of likely N-dealkylation sites (tertiary alicyclic amines) is 1. The predicted molar refractivity (Wildman–Crippen MR) is 84.2 cm³/mol. The number of ether oxygens (including phenoxy) is 1. The van der Waals surface area contributed by atoms with Gasteiger partial charge in [-0.1, -0.05) is 6.92 Å². The Bertz CT molecular complexity index is 314. The molecule has 3 nitrogen and oxygen atoms in total. The number of rotatable bonds is 2. The second kappa shape index (κ2) is 6.55. The molecule has 0 aliphatic carbocycles. The van der Waals surface area contributed by atoms with E-state index >= 15 is 0 Å². The zero-order chi connectivity index (χ0) is 14.0. The monoisotopic (exact) mass is 299 g/mol. The van der Waals surface area contributed by atoms with Gasteiger partial charge in [-0.3, -0.25) is 4.90 Å². The van der Waals surface area contributed by atoms with Gasteiger partial charge in [-0.05, 0) is 55.9 Å². The summed E-state index contributed by atoms with van der Waals surface area (Å²) >= 11 is 2.08. The zero-order valence-electron chi connectivity index (χ0n) is 12.7. The van der Waals surface area contributed by atoms with Crippen molar-refractivity contribution in [1.29, 1.82) is 0 Å². The number of hydrogen-bond acceptors (Lipinski definition) is 4. The Hall–Kier alpha value is 0.230. The molecule has 3 aliphatic heterocycles. The van der Waals surface area contributed by atoms with Crippen LogP contribution in [0.25, 0.3) is 0 Å². The molecule has 0 aromatic rings. The lowest BCUT2D eigenvalue weighted by molar-refractivity contribution is -0.118. The van der Waals surface area contributed by atoms with E-state index in [-0.39, 0.29) is 11.7 Å². The molecule has 116 valence electrons. The zero-order valence-corrected chi connectivity index (χ0v) is 13.5. The van der Waals surface area contributed by atoms with Crippen molar-refractivity contribution in [1.82, 2.24) is 4.90 Å². The van der Waals surface area contributed by atoms with Crippen LogP contribution in [-0.2, 0) is 4.74 Å². The molecule has 0 saturated carbocycles. The molecule has 1 spiro atoms. The molecule has 4 heteroatoms. The molecule has 3 rings (SSSR count). The SMILES string of the molecule is CCC1CN(C2CCOC3(CCSCC3)C2)CCC1O. The Morgan fingerprint density at radius 1 is 1.30 bits per heavy atom. The maximum Gasteiger partial charge on any atom is 0.0713 e. The van der Waals surface area contributed by atoms with E-state index in [0.717, 1.165) is 32.5 Å². The molecule has 0 aromatic carbocycles. The van der Waals surface area contributed by atoms with Crippen molar-refractivity contribution in [3.05, 3.63) is 0 Å². The van der Waals surface area contributed by atoms with Crippen LogP contribution in [0.3, 0.4) is 0 Å². The number of piperidine rings is 1. The maximum atomic E-state index is 10.1. The van der Waals surface area contributed by atoms with Crippen LogP contribution in [0.15, 0.2) is 0 Å². The Balaban J connectivity index is 1.61. The van der Waals surface area contributed by atoms with Crippen molar-refractivity contribution in [3.63, 3.8) is 0 Å². The molecule has 0 amide bonds. The first-order chi connectivity index (χ1) is 9.72. The fraction of sp³-hybridized carbons (Fsp3) is 1.00. The van der Waals surface area contributed by atoms with E-state index in [4.69, 9.17) is 4.74 Å². The minimum absolute atomic E-state index is 0.0730. The first-order valence-electron chi connectivity index (χ1n) is 8.36. The number of nitrogens with zero attached hydrogens (tertiary/aromatic N) is 1. The van der Waals surface area contributed by atoms with E-state index in [1.54, 1.807) is 0 Å². The van der Waals surface area contributed by atoms with Gasteiger partial charge in [0.1, 0.15) is 0 Å². The Morgan fingerprint density at radius 2 is 2.10 bits per heavy atom. The van der Waals surface area contributed by atoms with Crippen LogP contribution in [0, 0.1) is 5.92 Å². The molecule has 3 aliphatic rings. The summed E-state index contributed by atoms with van der Waals surface area (Å²) in [4.78, 5) is 2.66. The number of thioether (sulfide) groups is 1. The van der Waals surface area contributed by atoms with Gasteiger partial charge in [0, 0.05) is 25.7 Å². The predicted octanol–water partition coefficient (Wildman–Crippen LogP) is 2.52. The fourth-order valence-electron chi connectivity index (χ4n) is 4.19. The van der Waals surface area contributed by atoms with Crippen molar-refractivity contribution in [2.45, 2.75) is 63.2 Å². The average molecular weight is 299 g/mol. The van der Waals surface area contributed by atoms with Crippen molar-refractivity contribution >= 4 is 11.8 Å². The average Bonchev–Trinajstić information content (AvgIpc) is 2.48. The van der Waals surface area contributed by atoms with Crippen LogP contribution in [0.1, 0.15) is 45.4 Å². The highest BCUT2D eigenvalue weighted by Crippen LogP contribution is 2.39. The molecule has 3 fully saturated rings.